The van der Waals surface area contributed by atoms with Crippen LogP contribution >= 0.6 is 0 Å². The maximum absolute atomic E-state index is 12.2. The number of likely N-dealkylation sites (tertiary alicyclic amines) is 1. The summed E-state index contributed by atoms with van der Waals surface area (Å²) in [5.74, 6) is -1.29. The van der Waals surface area contributed by atoms with E-state index < -0.39 is 24.2 Å². The van der Waals surface area contributed by atoms with Crippen molar-refractivity contribution in [3.05, 3.63) is 71.8 Å². The zero-order valence-corrected chi connectivity index (χ0v) is 12.3. The Morgan fingerprint density at radius 3 is 1.77 bits per heavy atom. The third kappa shape index (κ3) is 2.40. The largest absolute Gasteiger partial charge is 0.383 e. The van der Waals surface area contributed by atoms with Crippen LogP contribution in [0.15, 0.2) is 60.7 Å². The molecule has 114 valence electrons. The fourth-order valence-electron chi connectivity index (χ4n) is 3.23. The second-order valence-corrected chi connectivity index (χ2v) is 5.68. The van der Waals surface area contributed by atoms with Gasteiger partial charge in [-0.2, -0.15) is 0 Å². The Labute approximate surface area is 129 Å². The topological polar surface area (TPSA) is 60.8 Å². The van der Waals surface area contributed by atoms with Gasteiger partial charge in [0.05, 0.1) is 0 Å². The highest BCUT2D eigenvalue weighted by Gasteiger charge is 2.47. The van der Waals surface area contributed by atoms with Gasteiger partial charge in [0.1, 0.15) is 12.3 Å². The van der Waals surface area contributed by atoms with Crippen molar-refractivity contribution in [1.29, 1.82) is 0 Å². The minimum atomic E-state index is -1.17. The average Bonchev–Trinajstić information content (AvgIpc) is 2.57. The lowest BCUT2D eigenvalue weighted by atomic mass is 9.74. The van der Waals surface area contributed by atoms with Gasteiger partial charge >= 0.3 is 0 Å². The molecule has 0 radical (unpaired) electrons. The van der Waals surface area contributed by atoms with E-state index in [9.17, 15) is 15.0 Å². The third-order valence-electron chi connectivity index (χ3n) is 4.41. The highest BCUT2D eigenvalue weighted by molar-refractivity contribution is 5.83. The van der Waals surface area contributed by atoms with E-state index in [1.807, 2.05) is 60.7 Å². The summed E-state index contributed by atoms with van der Waals surface area (Å²) in [6, 6.07) is 18.9. The molecule has 0 unspecified atom stereocenters. The predicted molar refractivity (Wildman–Crippen MR) is 83.1 cm³/mol. The van der Waals surface area contributed by atoms with Crippen LogP contribution in [0.3, 0.4) is 0 Å². The van der Waals surface area contributed by atoms with Gasteiger partial charge in [0.25, 0.3) is 5.91 Å². The van der Waals surface area contributed by atoms with E-state index in [2.05, 4.69) is 0 Å². The van der Waals surface area contributed by atoms with Crippen molar-refractivity contribution in [2.45, 2.75) is 24.2 Å². The van der Waals surface area contributed by atoms with Gasteiger partial charge in [0.2, 0.25) is 0 Å². The maximum Gasteiger partial charge on any atom is 0.253 e. The quantitative estimate of drug-likeness (QED) is 0.887. The molecule has 4 atom stereocenters. The summed E-state index contributed by atoms with van der Waals surface area (Å²) in [5.41, 5.74) is 1.76. The second-order valence-electron chi connectivity index (χ2n) is 5.68. The van der Waals surface area contributed by atoms with Crippen LogP contribution in [0.2, 0.25) is 0 Å². The molecule has 0 aliphatic carbocycles. The van der Waals surface area contributed by atoms with Gasteiger partial charge in [-0.05, 0) is 11.1 Å². The number of benzene rings is 2. The summed E-state index contributed by atoms with van der Waals surface area (Å²) in [4.78, 5) is 13.4. The lowest BCUT2D eigenvalue weighted by Crippen LogP contribution is -2.55. The zero-order chi connectivity index (χ0) is 15.7. The summed E-state index contributed by atoms with van der Waals surface area (Å²) in [5, 5.41) is 21.1. The number of aliphatic hydroxyl groups excluding tert-OH is 2. The van der Waals surface area contributed by atoms with Gasteiger partial charge < -0.3 is 15.1 Å². The Hall–Kier alpha value is -2.17. The van der Waals surface area contributed by atoms with Crippen molar-refractivity contribution < 1.29 is 15.0 Å². The van der Waals surface area contributed by atoms with E-state index in [0.717, 1.165) is 11.1 Å². The minimum Gasteiger partial charge on any atom is -0.383 e. The number of hydrogen-bond acceptors (Lipinski definition) is 3. The van der Waals surface area contributed by atoms with Crippen molar-refractivity contribution >= 4 is 5.91 Å². The smallest absolute Gasteiger partial charge is 0.253 e. The predicted octanol–water partition coefficient (Wildman–Crippen LogP) is 1.71. The first-order valence-electron chi connectivity index (χ1n) is 7.34. The van der Waals surface area contributed by atoms with Crippen LogP contribution in [-0.2, 0) is 4.79 Å². The van der Waals surface area contributed by atoms with Gasteiger partial charge in [0, 0.05) is 18.9 Å². The molecule has 4 nitrogen and oxygen atoms in total. The Morgan fingerprint density at radius 2 is 1.27 bits per heavy atom. The van der Waals surface area contributed by atoms with E-state index >= 15 is 0 Å². The summed E-state index contributed by atoms with van der Waals surface area (Å²) in [6.07, 6.45) is -2.13. The number of piperidine rings is 1. The van der Waals surface area contributed by atoms with Crippen molar-refractivity contribution in [3.8, 4) is 0 Å². The van der Waals surface area contributed by atoms with Crippen LogP contribution in [0.4, 0.5) is 0 Å². The number of likely N-dealkylation sites (N-methyl/N-ethyl adjacent to an activating group) is 1. The van der Waals surface area contributed by atoms with Gasteiger partial charge in [-0.3, -0.25) is 4.79 Å². The van der Waals surface area contributed by atoms with E-state index in [4.69, 9.17) is 0 Å². The first kappa shape index (κ1) is 14.8. The van der Waals surface area contributed by atoms with Crippen molar-refractivity contribution in [3.63, 3.8) is 0 Å². The lowest BCUT2D eigenvalue weighted by molar-refractivity contribution is -0.161. The van der Waals surface area contributed by atoms with Crippen LogP contribution in [0.1, 0.15) is 23.0 Å². The molecule has 2 N–H and O–H groups in total. The Kier molecular flexibility index (Phi) is 3.96. The van der Waals surface area contributed by atoms with Crippen LogP contribution < -0.4 is 0 Å². The van der Waals surface area contributed by atoms with Gasteiger partial charge in [-0.25, -0.2) is 0 Å². The number of carbonyl (C=O) groups is 1. The molecule has 3 rings (SSSR count). The van der Waals surface area contributed by atoms with E-state index in [-0.39, 0.29) is 5.92 Å². The van der Waals surface area contributed by atoms with E-state index in [1.165, 1.54) is 11.9 Å². The molecular formula is C18H19NO3. The summed E-state index contributed by atoms with van der Waals surface area (Å²) in [7, 11) is 1.52. The minimum absolute atomic E-state index is 0.374. The normalized spacial score (nSPS) is 28.7. The molecule has 0 spiro atoms. The number of amides is 1. The molecule has 1 amide bonds. The van der Waals surface area contributed by atoms with Crippen LogP contribution in [0.5, 0.6) is 0 Å². The van der Waals surface area contributed by atoms with Crippen molar-refractivity contribution in [2.24, 2.45) is 0 Å². The Morgan fingerprint density at radius 1 is 0.818 bits per heavy atom. The molecule has 1 aliphatic rings. The number of nitrogens with zero attached hydrogens (tertiary/aromatic N) is 1. The molecule has 1 fully saturated rings. The summed E-state index contributed by atoms with van der Waals surface area (Å²) in [6.45, 7) is 0. The van der Waals surface area contributed by atoms with Crippen molar-refractivity contribution in [2.75, 3.05) is 7.05 Å². The first-order valence-corrected chi connectivity index (χ1v) is 7.34. The van der Waals surface area contributed by atoms with Gasteiger partial charge in [-0.1, -0.05) is 60.7 Å². The summed E-state index contributed by atoms with van der Waals surface area (Å²) >= 11 is 0. The molecule has 2 aromatic rings. The Bertz CT molecular complexity index is 644. The standard InChI is InChI=1S/C18H19NO3/c1-19-17(21)15(13-10-6-3-7-11-13)14(16(20)18(19)22)12-8-4-2-5-9-12/h2-11,14-17,20-21H,1H3/t14-,15+,16+,17-/m1/s1. The fourth-order valence-corrected chi connectivity index (χ4v) is 3.23. The van der Waals surface area contributed by atoms with Crippen LogP contribution in [-0.4, -0.2) is 40.4 Å². The zero-order valence-electron chi connectivity index (χ0n) is 12.3. The average molecular weight is 297 g/mol. The number of carbonyl (C=O) groups excluding carboxylic acids is 1. The molecule has 0 bridgehead atoms. The molecule has 1 saturated heterocycles. The summed E-state index contributed by atoms with van der Waals surface area (Å²) < 4.78 is 0. The fraction of sp³-hybridized carbons (Fsp3) is 0.278. The SMILES string of the molecule is CN1C(=O)[C@@H](O)[C@H](c2ccccc2)[C@H](c2ccccc2)[C@H]1O. The molecule has 4 heteroatoms. The molecule has 0 saturated carbocycles. The maximum atomic E-state index is 12.2. The molecule has 0 aromatic heterocycles. The highest BCUT2D eigenvalue weighted by atomic mass is 16.3. The molecule has 1 heterocycles. The number of hydrogen-bond donors (Lipinski definition) is 2. The first-order chi connectivity index (χ1) is 10.6. The third-order valence-corrected chi connectivity index (χ3v) is 4.41. The van der Waals surface area contributed by atoms with Crippen molar-refractivity contribution in [1.82, 2.24) is 4.90 Å². The molecule has 1 aliphatic heterocycles. The van der Waals surface area contributed by atoms with Gasteiger partial charge in [-0.15, -0.1) is 0 Å². The van der Waals surface area contributed by atoms with E-state index in [1.54, 1.807) is 0 Å². The van der Waals surface area contributed by atoms with E-state index in [0.29, 0.717) is 0 Å². The molecule has 22 heavy (non-hydrogen) atoms. The molecule has 2 aromatic carbocycles. The number of rotatable bonds is 2. The highest BCUT2D eigenvalue weighted by Crippen LogP contribution is 2.42. The van der Waals surface area contributed by atoms with Crippen LogP contribution in [0.25, 0.3) is 0 Å². The number of aliphatic hydroxyl groups is 2. The monoisotopic (exact) mass is 297 g/mol. The molecular weight excluding hydrogens is 278 g/mol. The van der Waals surface area contributed by atoms with Crippen LogP contribution in [0, 0.1) is 0 Å². The lowest BCUT2D eigenvalue weighted by Gasteiger charge is -2.44. The second kappa shape index (κ2) is 5.91. The van der Waals surface area contributed by atoms with Gasteiger partial charge in [0.15, 0.2) is 0 Å². The Balaban J connectivity index is 2.10.